The molecule has 0 aliphatic carbocycles. The molecule has 2 aromatic heterocycles. The standard InChI is InChI=1S/C22H25N5S3/c1-15-8-9-16(2)17(13-15)24-21(28)26-23-14-19-20(18-7-6-12-29-18)25-22(30-19)27-10-4-3-5-11-27/h6-9,12-14H,3-5,10-11H2,1-2H3,(H2,24,26,28)/b23-14+. The molecule has 3 heterocycles. The number of thiocarbonyl (C=S) groups is 1. The summed E-state index contributed by atoms with van der Waals surface area (Å²) in [7, 11) is 0. The number of hydrazone groups is 1. The number of hydrogen-bond donors (Lipinski definition) is 2. The lowest BCUT2D eigenvalue weighted by Gasteiger charge is -2.25. The van der Waals surface area contributed by atoms with Gasteiger partial charge in [0.25, 0.3) is 0 Å². The van der Waals surface area contributed by atoms with Gasteiger partial charge in [0.2, 0.25) is 0 Å². The van der Waals surface area contributed by atoms with Gasteiger partial charge in [0.1, 0.15) is 5.69 Å². The monoisotopic (exact) mass is 455 g/mol. The molecule has 1 aliphatic rings. The maximum absolute atomic E-state index is 5.42. The molecule has 0 saturated carbocycles. The van der Waals surface area contributed by atoms with E-state index in [0.717, 1.165) is 44.9 Å². The number of aromatic nitrogens is 1. The van der Waals surface area contributed by atoms with Crippen molar-refractivity contribution in [3.05, 3.63) is 51.7 Å². The second-order valence-electron chi connectivity index (χ2n) is 7.38. The molecule has 30 heavy (non-hydrogen) atoms. The lowest BCUT2D eigenvalue weighted by molar-refractivity contribution is 0.577. The molecule has 1 aromatic carbocycles. The molecule has 4 rings (SSSR count). The molecular formula is C22H25N5S3. The van der Waals surface area contributed by atoms with Crippen LogP contribution in [0, 0.1) is 13.8 Å². The number of anilines is 2. The van der Waals surface area contributed by atoms with Crippen LogP contribution in [-0.4, -0.2) is 29.4 Å². The fourth-order valence-electron chi connectivity index (χ4n) is 3.39. The first kappa shape index (κ1) is 21.0. The van der Waals surface area contributed by atoms with E-state index in [1.54, 1.807) is 22.7 Å². The fraction of sp³-hybridized carbons (Fsp3) is 0.318. The van der Waals surface area contributed by atoms with E-state index in [1.807, 2.05) is 6.21 Å². The molecule has 1 saturated heterocycles. The number of benzene rings is 1. The van der Waals surface area contributed by atoms with Crippen LogP contribution >= 0.6 is 34.9 Å². The molecule has 8 heteroatoms. The highest BCUT2D eigenvalue weighted by molar-refractivity contribution is 7.80. The van der Waals surface area contributed by atoms with Crippen LogP contribution in [0.15, 0.2) is 40.8 Å². The molecule has 5 nitrogen and oxygen atoms in total. The van der Waals surface area contributed by atoms with E-state index in [9.17, 15) is 0 Å². The van der Waals surface area contributed by atoms with Crippen LogP contribution in [0.3, 0.4) is 0 Å². The van der Waals surface area contributed by atoms with Gasteiger partial charge in [-0.25, -0.2) is 4.98 Å². The lowest BCUT2D eigenvalue weighted by Crippen LogP contribution is -2.29. The minimum absolute atomic E-state index is 0.471. The number of thiazole rings is 1. The third-order valence-electron chi connectivity index (χ3n) is 5.01. The quantitative estimate of drug-likeness (QED) is 0.289. The van der Waals surface area contributed by atoms with E-state index in [4.69, 9.17) is 17.2 Å². The van der Waals surface area contributed by atoms with Crippen molar-refractivity contribution in [2.75, 3.05) is 23.3 Å². The van der Waals surface area contributed by atoms with Crippen molar-refractivity contribution < 1.29 is 0 Å². The average Bonchev–Trinajstić information content (AvgIpc) is 3.41. The Bertz CT molecular complexity index is 1030. The van der Waals surface area contributed by atoms with Crippen LogP contribution < -0.4 is 15.6 Å². The first-order chi connectivity index (χ1) is 14.6. The van der Waals surface area contributed by atoms with E-state index in [2.05, 4.69) is 70.3 Å². The highest BCUT2D eigenvalue weighted by atomic mass is 32.1. The molecule has 0 radical (unpaired) electrons. The first-order valence-electron chi connectivity index (χ1n) is 10.1. The summed E-state index contributed by atoms with van der Waals surface area (Å²) in [4.78, 5) is 9.54. The largest absolute Gasteiger partial charge is 0.348 e. The van der Waals surface area contributed by atoms with Gasteiger partial charge in [-0.3, -0.25) is 5.43 Å². The van der Waals surface area contributed by atoms with Crippen LogP contribution in [0.1, 0.15) is 35.3 Å². The smallest absolute Gasteiger partial charge is 0.191 e. The normalized spacial score (nSPS) is 14.3. The molecule has 0 atom stereocenters. The van der Waals surface area contributed by atoms with Gasteiger partial charge in [-0.2, -0.15) is 5.10 Å². The predicted molar refractivity (Wildman–Crippen MR) is 134 cm³/mol. The van der Waals surface area contributed by atoms with Gasteiger partial charge in [-0.15, -0.1) is 11.3 Å². The molecule has 2 N–H and O–H groups in total. The summed E-state index contributed by atoms with van der Waals surface area (Å²) >= 11 is 8.81. The number of nitrogens with zero attached hydrogens (tertiary/aromatic N) is 3. The van der Waals surface area contributed by atoms with E-state index in [0.29, 0.717) is 5.11 Å². The van der Waals surface area contributed by atoms with E-state index in [1.165, 1.54) is 24.8 Å². The number of aryl methyl sites for hydroxylation is 2. The molecule has 1 aliphatic heterocycles. The number of nitrogens with one attached hydrogen (secondary N) is 2. The Morgan fingerprint density at radius 1 is 1.20 bits per heavy atom. The van der Waals surface area contributed by atoms with Crippen molar-refractivity contribution in [2.24, 2.45) is 5.10 Å². The zero-order chi connectivity index (χ0) is 20.9. The summed E-state index contributed by atoms with van der Waals surface area (Å²) in [6, 6.07) is 10.4. The average molecular weight is 456 g/mol. The highest BCUT2D eigenvalue weighted by Crippen LogP contribution is 2.35. The Kier molecular flexibility index (Phi) is 6.76. The van der Waals surface area contributed by atoms with Crippen molar-refractivity contribution in [3.8, 4) is 10.6 Å². The van der Waals surface area contributed by atoms with Crippen molar-refractivity contribution in [3.63, 3.8) is 0 Å². The predicted octanol–water partition coefficient (Wildman–Crippen LogP) is 5.80. The third kappa shape index (κ3) is 5.06. The molecule has 0 bridgehead atoms. The summed E-state index contributed by atoms with van der Waals surface area (Å²) in [5.41, 5.74) is 7.26. The van der Waals surface area contributed by atoms with Gasteiger partial charge >= 0.3 is 0 Å². The van der Waals surface area contributed by atoms with Crippen LogP contribution in [0.25, 0.3) is 10.6 Å². The van der Waals surface area contributed by atoms with Gasteiger partial charge in [0, 0.05) is 18.8 Å². The van der Waals surface area contributed by atoms with Crippen molar-refractivity contribution in [1.29, 1.82) is 0 Å². The number of thiophene rings is 1. The van der Waals surface area contributed by atoms with Crippen molar-refractivity contribution in [1.82, 2.24) is 10.4 Å². The Labute approximate surface area is 190 Å². The van der Waals surface area contributed by atoms with E-state index < -0.39 is 0 Å². The van der Waals surface area contributed by atoms with Crippen LogP contribution in [0.4, 0.5) is 10.8 Å². The van der Waals surface area contributed by atoms with Gasteiger partial charge in [-0.1, -0.05) is 29.5 Å². The summed E-state index contributed by atoms with van der Waals surface area (Å²) in [6.07, 6.45) is 5.61. The molecule has 0 unspecified atom stereocenters. The zero-order valence-corrected chi connectivity index (χ0v) is 19.6. The topological polar surface area (TPSA) is 52.6 Å². The van der Waals surface area contributed by atoms with Crippen LogP contribution in [0.2, 0.25) is 0 Å². The van der Waals surface area contributed by atoms with Gasteiger partial charge in [0.15, 0.2) is 10.2 Å². The summed E-state index contributed by atoms with van der Waals surface area (Å²) < 4.78 is 0. The maximum atomic E-state index is 5.42. The van der Waals surface area contributed by atoms with Crippen molar-refractivity contribution >= 4 is 57.0 Å². The fourth-order valence-corrected chi connectivity index (χ4v) is 5.35. The SMILES string of the molecule is Cc1ccc(C)c(NC(=S)N/N=C/c2sc(N3CCCCC3)nc2-c2cccs2)c1. The van der Waals surface area contributed by atoms with Gasteiger partial charge < -0.3 is 10.2 Å². The van der Waals surface area contributed by atoms with E-state index in [-0.39, 0.29) is 0 Å². The first-order valence-corrected chi connectivity index (χ1v) is 12.2. The third-order valence-corrected chi connectivity index (χ3v) is 7.13. The minimum atomic E-state index is 0.471. The van der Waals surface area contributed by atoms with E-state index >= 15 is 0 Å². The highest BCUT2D eigenvalue weighted by Gasteiger charge is 2.19. The summed E-state index contributed by atoms with van der Waals surface area (Å²) in [6.45, 7) is 6.28. The summed E-state index contributed by atoms with van der Waals surface area (Å²) in [5.74, 6) is 0. The number of piperidine rings is 1. The molecule has 156 valence electrons. The maximum Gasteiger partial charge on any atom is 0.191 e. The van der Waals surface area contributed by atoms with Crippen LogP contribution in [-0.2, 0) is 0 Å². The van der Waals surface area contributed by atoms with Gasteiger partial charge in [0.05, 0.1) is 16.0 Å². The summed E-state index contributed by atoms with van der Waals surface area (Å²) in [5, 5.41) is 11.3. The molecule has 1 fully saturated rings. The molecule has 3 aromatic rings. The van der Waals surface area contributed by atoms with Crippen molar-refractivity contribution in [2.45, 2.75) is 33.1 Å². The Balaban J connectivity index is 1.48. The number of rotatable bonds is 5. The number of hydrogen-bond acceptors (Lipinski definition) is 6. The second kappa shape index (κ2) is 9.68. The Morgan fingerprint density at radius 3 is 2.80 bits per heavy atom. The van der Waals surface area contributed by atoms with Gasteiger partial charge in [-0.05, 0) is 74.0 Å². The lowest BCUT2D eigenvalue weighted by atomic mass is 10.1. The Hall–Kier alpha value is -2.29. The molecular weight excluding hydrogens is 430 g/mol. The molecule has 0 amide bonds. The van der Waals surface area contributed by atoms with Crippen LogP contribution in [0.5, 0.6) is 0 Å². The molecule has 0 spiro atoms. The second-order valence-corrected chi connectivity index (χ2v) is 9.74. The zero-order valence-electron chi connectivity index (χ0n) is 17.1. The Morgan fingerprint density at radius 2 is 2.03 bits per heavy atom. The minimum Gasteiger partial charge on any atom is -0.348 e.